The fourth-order valence-electron chi connectivity index (χ4n) is 11.7. The molecule has 12 aromatic rings. The minimum atomic E-state index is 1.09. The molecule has 4 heteroatoms. The summed E-state index contributed by atoms with van der Waals surface area (Å²) in [5, 5.41) is 0. The number of nitrogens with zero attached hydrogens (tertiary/aromatic N) is 4. The summed E-state index contributed by atoms with van der Waals surface area (Å²) in [5.41, 5.74) is 31.3. The first kappa shape index (κ1) is 60.3. The SMILES string of the molecule is Cc1ccc(N(c2ccc(C)cc2)c2ccc(C=Cc3ccc(N(c4ccc(C=Cc5ccc(N(c6ccc(C)cc6)c6ccc(C)cc6)cc5)c(C)c4)c4ccc(C=Cc5ccc(N(c6ccc(C)cc6)c6ccc(C)cc6)cc5)c(C)c4)cc3C)cc2)cc1. The molecule has 0 saturated carbocycles. The van der Waals surface area contributed by atoms with Crippen LogP contribution < -0.4 is 19.6 Å². The Morgan fingerprint density at radius 3 is 0.495 bits per heavy atom. The normalized spacial score (nSPS) is 11.4. The summed E-state index contributed by atoms with van der Waals surface area (Å²) in [6.45, 7) is 19.4. The highest BCUT2D eigenvalue weighted by Gasteiger charge is 2.19. The first-order chi connectivity index (χ1) is 44.2. The molecule has 0 spiro atoms. The number of hydrogen-bond donors (Lipinski definition) is 0. The van der Waals surface area contributed by atoms with Gasteiger partial charge in [-0.25, -0.2) is 0 Å². The molecule has 0 radical (unpaired) electrons. The van der Waals surface area contributed by atoms with Crippen LogP contribution >= 0.6 is 0 Å². The largest absolute Gasteiger partial charge is 0.311 e. The van der Waals surface area contributed by atoms with Crippen LogP contribution in [-0.4, -0.2) is 0 Å². The van der Waals surface area contributed by atoms with Crippen LogP contribution in [-0.2, 0) is 0 Å². The van der Waals surface area contributed by atoms with Crippen molar-refractivity contribution in [2.24, 2.45) is 0 Å². The van der Waals surface area contributed by atoms with Crippen LogP contribution in [0.3, 0.4) is 0 Å². The smallest absolute Gasteiger partial charge is 0.0464 e. The molecule has 12 rings (SSSR count). The number of rotatable bonds is 18. The van der Waals surface area contributed by atoms with Crippen molar-refractivity contribution < 1.29 is 0 Å². The van der Waals surface area contributed by atoms with E-state index in [1.54, 1.807) is 0 Å². The van der Waals surface area contributed by atoms with Gasteiger partial charge in [-0.1, -0.05) is 197 Å². The second-order valence-electron chi connectivity index (χ2n) is 24.3. The first-order valence-electron chi connectivity index (χ1n) is 31.5. The van der Waals surface area contributed by atoms with E-state index < -0.39 is 0 Å². The third-order valence-corrected chi connectivity index (χ3v) is 17.1. The molecular formula is C87H78N4. The molecule has 4 nitrogen and oxygen atoms in total. The minimum Gasteiger partial charge on any atom is -0.311 e. The van der Waals surface area contributed by atoms with Crippen LogP contribution in [0.5, 0.6) is 0 Å². The molecule has 0 fully saturated rings. The molecule has 0 unspecified atom stereocenters. The highest BCUT2D eigenvalue weighted by atomic mass is 15.2. The van der Waals surface area contributed by atoms with E-state index in [4.69, 9.17) is 0 Å². The van der Waals surface area contributed by atoms with E-state index in [9.17, 15) is 0 Å². The van der Waals surface area contributed by atoms with Crippen LogP contribution in [0.2, 0.25) is 0 Å². The van der Waals surface area contributed by atoms with Gasteiger partial charge in [0.1, 0.15) is 0 Å². The van der Waals surface area contributed by atoms with Gasteiger partial charge in [0.05, 0.1) is 0 Å². The summed E-state index contributed by atoms with van der Waals surface area (Å²) in [4.78, 5) is 9.35. The summed E-state index contributed by atoms with van der Waals surface area (Å²) < 4.78 is 0. The van der Waals surface area contributed by atoms with Crippen molar-refractivity contribution in [2.75, 3.05) is 19.6 Å². The lowest BCUT2D eigenvalue weighted by molar-refractivity contribution is 1.24. The molecule has 0 heterocycles. The molecule has 0 aromatic heterocycles. The Hall–Kier alpha value is -10.9. The van der Waals surface area contributed by atoms with E-state index in [1.165, 1.54) is 66.8 Å². The predicted octanol–water partition coefficient (Wildman–Crippen LogP) is 24.9. The van der Waals surface area contributed by atoms with E-state index in [-0.39, 0.29) is 0 Å². The topological polar surface area (TPSA) is 13.0 Å². The summed E-state index contributed by atoms with van der Waals surface area (Å²) >= 11 is 0. The molecule has 0 aliphatic heterocycles. The quantitative estimate of drug-likeness (QED) is 0.0794. The molecule has 0 atom stereocenters. The average Bonchev–Trinajstić information content (AvgIpc) is 1.64. The zero-order chi connectivity index (χ0) is 63.0. The maximum absolute atomic E-state index is 2.40. The molecule has 91 heavy (non-hydrogen) atoms. The average molecular weight is 1180 g/mol. The lowest BCUT2D eigenvalue weighted by Gasteiger charge is -2.27. The summed E-state index contributed by atoms with van der Waals surface area (Å²) in [7, 11) is 0. The Kier molecular flexibility index (Phi) is 18.0. The minimum absolute atomic E-state index is 1.09. The van der Waals surface area contributed by atoms with Crippen molar-refractivity contribution in [2.45, 2.75) is 62.3 Å². The van der Waals surface area contributed by atoms with E-state index in [2.05, 4.69) is 391 Å². The second-order valence-corrected chi connectivity index (χ2v) is 24.3. The van der Waals surface area contributed by atoms with Gasteiger partial charge in [-0.3, -0.25) is 0 Å². The zero-order valence-corrected chi connectivity index (χ0v) is 53.7. The van der Waals surface area contributed by atoms with Crippen LogP contribution in [0.15, 0.2) is 273 Å². The summed E-state index contributed by atoms with van der Waals surface area (Å²) in [6.07, 6.45) is 13.4. The fourth-order valence-corrected chi connectivity index (χ4v) is 11.7. The van der Waals surface area contributed by atoms with E-state index in [0.29, 0.717) is 0 Å². The molecule has 0 aliphatic rings. The van der Waals surface area contributed by atoms with Gasteiger partial charge in [-0.05, 0) is 258 Å². The van der Waals surface area contributed by atoms with Gasteiger partial charge in [0, 0.05) is 68.2 Å². The lowest BCUT2D eigenvalue weighted by Crippen LogP contribution is -2.11. The van der Waals surface area contributed by atoms with Gasteiger partial charge in [0.25, 0.3) is 0 Å². The molecule has 446 valence electrons. The van der Waals surface area contributed by atoms with E-state index >= 15 is 0 Å². The van der Waals surface area contributed by atoms with Crippen LogP contribution in [0, 0.1) is 62.3 Å². The fraction of sp³-hybridized carbons (Fsp3) is 0.103. The van der Waals surface area contributed by atoms with Crippen molar-refractivity contribution in [3.05, 3.63) is 356 Å². The van der Waals surface area contributed by atoms with E-state index in [1.807, 2.05) is 0 Å². The molecule has 12 aromatic carbocycles. The molecule has 0 N–H and O–H groups in total. The van der Waals surface area contributed by atoms with Gasteiger partial charge in [0.15, 0.2) is 0 Å². The number of benzene rings is 12. The lowest BCUT2D eigenvalue weighted by atomic mass is 10.0. The van der Waals surface area contributed by atoms with Crippen molar-refractivity contribution in [1.29, 1.82) is 0 Å². The Labute approximate surface area is 540 Å². The van der Waals surface area contributed by atoms with Gasteiger partial charge >= 0.3 is 0 Å². The molecule has 0 bridgehead atoms. The van der Waals surface area contributed by atoms with Gasteiger partial charge < -0.3 is 19.6 Å². The van der Waals surface area contributed by atoms with Gasteiger partial charge in [0.2, 0.25) is 0 Å². The Morgan fingerprint density at radius 1 is 0.165 bits per heavy atom. The first-order valence-corrected chi connectivity index (χ1v) is 31.5. The zero-order valence-electron chi connectivity index (χ0n) is 53.7. The van der Waals surface area contributed by atoms with E-state index in [0.717, 1.165) is 84.9 Å². The van der Waals surface area contributed by atoms with Crippen LogP contribution in [0.4, 0.5) is 68.2 Å². The number of hydrogen-bond acceptors (Lipinski definition) is 4. The van der Waals surface area contributed by atoms with Crippen LogP contribution in [0.25, 0.3) is 36.5 Å². The maximum atomic E-state index is 2.40. The number of aryl methyl sites for hydroxylation is 9. The Bertz CT molecular complexity index is 3930. The monoisotopic (exact) mass is 1180 g/mol. The Morgan fingerprint density at radius 2 is 0.319 bits per heavy atom. The second kappa shape index (κ2) is 27.2. The third kappa shape index (κ3) is 14.3. The molecule has 0 saturated heterocycles. The van der Waals surface area contributed by atoms with Crippen molar-refractivity contribution in [3.63, 3.8) is 0 Å². The molecule has 0 aliphatic carbocycles. The summed E-state index contributed by atoms with van der Waals surface area (Å²) in [6, 6.07) is 99.6. The summed E-state index contributed by atoms with van der Waals surface area (Å²) in [5.74, 6) is 0. The Balaban J connectivity index is 0.823. The maximum Gasteiger partial charge on any atom is 0.0464 e. The van der Waals surface area contributed by atoms with Gasteiger partial charge in [-0.15, -0.1) is 0 Å². The highest BCUT2D eigenvalue weighted by molar-refractivity contribution is 5.85. The molecular weight excluding hydrogens is 1100 g/mol. The van der Waals surface area contributed by atoms with Gasteiger partial charge in [-0.2, -0.15) is 0 Å². The predicted molar refractivity (Wildman–Crippen MR) is 394 cm³/mol. The standard InChI is InChI=1S/C87H78N4/c1-61-10-37-76(38-11-61)88(77-39-12-62(2)13-40-77)82-49-25-70(26-50-82)22-31-73-34-55-85(58-67(73)7)91(86-56-35-74(68(8)59-86)32-23-71-27-51-83(52-28-71)89(78-41-14-63(3)15-42-78)79-43-16-64(4)17-44-79)87-57-36-75(69(9)60-87)33-24-72-29-53-84(54-30-72)90(80-45-18-65(5)19-46-80)81-47-20-66(6)21-48-81/h10-60H,1-9H3. The van der Waals surface area contributed by atoms with Crippen LogP contribution in [0.1, 0.15) is 83.5 Å². The van der Waals surface area contributed by atoms with Crippen molar-refractivity contribution >= 4 is 105 Å². The third-order valence-electron chi connectivity index (χ3n) is 17.1. The molecule has 0 amide bonds. The van der Waals surface area contributed by atoms with Crippen molar-refractivity contribution in [1.82, 2.24) is 0 Å². The van der Waals surface area contributed by atoms with Crippen molar-refractivity contribution in [3.8, 4) is 0 Å². The number of anilines is 12. The highest BCUT2D eigenvalue weighted by Crippen LogP contribution is 2.41.